The van der Waals surface area contributed by atoms with E-state index in [1.165, 1.54) is 0 Å². The first-order valence-corrected chi connectivity index (χ1v) is 7.24. The van der Waals surface area contributed by atoms with Gasteiger partial charge in [-0.05, 0) is 18.1 Å². The Morgan fingerprint density at radius 2 is 2.20 bits per heavy atom. The zero-order valence-corrected chi connectivity index (χ0v) is 13.3. The molecule has 2 aromatic rings. The fourth-order valence-corrected chi connectivity index (χ4v) is 2.68. The lowest BCUT2D eigenvalue weighted by molar-refractivity contribution is 0.0695. The van der Waals surface area contributed by atoms with E-state index >= 15 is 0 Å². The van der Waals surface area contributed by atoms with Crippen molar-refractivity contribution in [3.63, 3.8) is 0 Å². The Kier molecular flexibility index (Phi) is 4.50. The normalized spacial score (nSPS) is 11.1. The van der Waals surface area contributed by atoms with Crippen LogP contribution in [0.5, 0.6) is 0 Å². The van der Waals surface area contributed by atoms with Crippen LogP contribution in [0.1, 0.15) is 30.0 Å². The van der Waals surface area contributed by atoms with Gasteiger partial charge in [-0.1, -0.05) is 52.6 Å². The molecule has 0 aliphatic carbocycles. The van der Waals surface area contributed by atoms with Crippen LogP contribution >= 0.6 is 27.5 Å². The Hall–Kier alpha value is -1.33. The van der Waals surface area contributed by atoms with Crippen molar-refractivity contribution in [3.05, 3.63) is 39.0 Å². The molecule has 20 heavy (non-hydrogen) atoms. The van der Waals surface area contributed by atoms with Crippen LogP contribution in [0.2, 0.25) is 5.02 Å². The summed E-state index contributed by atoms with van der Waals surface area (Å²) in [5, 5.41) is 13.7. The topological polar surface area (TPSA) is 63.3 Å². The van der Waals surface area contributed by atoms with Crippen molar-refractivity contribution in [2.45, 2.75) is 20.3 Å². The van der Waals surface area contributed by atoms with E-state index in [2.05, 4.69) is 21.1 Å². The molecule has 0 unspecified atom stereocenters. The fourth-order valence-electron chi connectivity index (χ4n) is 1.92. The predicted octanol–water partition coefficient (Wildman–Crippen LogP) is 4.65. The molecule has 0 fully saturated rings. The maximum Gasteiger partial charge on any atom is 0.341 e. The molecule has 0 bridgehead atoms. The number of carboxylic acids is 1. The lowest BCUT2D eigenvalue weighted by atomic mass is 10.0. The van der Waals surface area contributed by atoms with E-state index in [0.717, 1.165) is 4.47 Å². The molecule has 0 aliphatic rings. The third kappa shape index (κ3) is 3.04. The standard InChI is InChI=1S/C14H13BrClNO3/c1-7(2)5-11-12(14(18)19)13(17-20-11)9-4-3-8(15)6-10(9)16/h3-4,6-7H,5H2,1-2H3,(H,18,19). The maximum absolute atomic E-state index is 11.5. The molecule has 0 aliphatic heterocycles. The maximum atomic E-state index is 11.5. The van der Waals surface area contributed by atoms with Crippen molar-refractivity contribution in [2.24, 2.45) is 5.92 Å². The van der Waals surface area contributed by atoms with Gasteiger partial charge in [-0.2, -0.15) is 0 Å². The van der Waals surface area contributed by atoms with Gasteiger partial charge in [0, 0.05) is 16.5 Å². The first kappa shape index (κ1) is 15.1. The minimum atomic E-state index is -1.06. The molecule has 0 saturated carbocycles. The smallest absolute Gasteiger partial charge is 0.341 e. The second-order valence-corrected chi connectivity index (χ2v) is 6.18. The summed E-state index contributed by atoms with van der Waals surface area (Å²) in [6, 6.07) is 5.19. The number of nitrogens with zero attached hydrogens (tertiary/aromatic N) is 1. The Morgan fingerprint density at radius 3 is 2.75 bits per heavy atom. The monoisotopic (exact) mass is 357 g/mol. The van der Waals surface area contributed by atoms with Crippen molar-refractivity contribution in [1.82, 2.24) is 5.16 Å². The van der Waals surface area contributed by atoms with Crippen LogP contribution in [0.25, 0.3) is 11.3 Å². The van der Waals surface area contributed by atoms with E-state index in [1.54, 1.807) is 18.2 Å². The summed E-state index contributed by atoms with van der Waals surface area (Å²) in [5.41, 5.74) is 0.902. The summed E-state index contributed by atoms with van der Waals surface area (Å²) >= 11 is 9.46. The van der Waals surface area contributed by atoms with Crippen molar-refractivity contribution < 1.29 is 14.4 Å². The Balaban J connectivity index is 2.56. The highest BCUT2D eigenvalue weighted by molar-refractivity contribution is 9.10. The number of rotatable bonds is 4. The number of carbonyl (C=O) groups is 1. The summed E-state index contributed by atoms with van der Waals surface area (Å²) < 4.78 is 6.02. The number of carboxylic acid groups (broad SMARTS) is 1. The van der Waals surface area contributed by atoms with E-state index < -0.39 is 5.97 Å². The van der Waals surface area contributed by atoms with Gasteiger partial charge in [-0.25, -0.2) is 4.79 Å². The minimum Gasteiger partial charge on any atom is -0.477 e. The van der Waals surface area contributed by atoms with Crippen molar-refractivity contribution >= 4 is 33.5 Å². The van der Waals surface area contributed by atoms with Gasteiger partial charge < -0.3 is 9.63 Å². The minimum absolute atomic E-state index is 0.0860. The average molecular weight is 359 g/mol. The molecule has 0 saturated heterocycles. The summed E-state index contributed by atoms with van der Waals surface area (Å²) in [5.74, 6) is -0.410. The molecule has 1 heterocycles. The second kappa shape index (κ2) is 5.97. The highest BCUT2D eigenvalue weighted by Crippen LogP contribution is 2.33. The molecule has 1 aromatic heterocycles. The van der Waals surface area contributed by atoms with Gasteiger partial charge in [0.2, 0.25) is 0 Å². The highest BCUT2D eigenvalue weighted by atomic mass is 79.9. The average Bonchev–Trinajstić information content (AvgIpc) is 2.71. The molecular formula is C14H13BrClNO3. The SMILES string of the molecule is CC(C)Cc1onc(-c2ccc(Br)cc2Cl)c1C(=O)O. The molecule has 1 N–H and O–H groups in total. The zero-order chi connectivity index (χ0) is 14.9. The molecule has 2 rings (SSSR count). The van der Waals surface area contributed by atoms with Crippen LogP contribution in [0.15, 0.2) is 27.2 Å². The molecule has 0 atom stereocenters. The zero-order valence-electron chi connectivity index (χ0n) is 11.0. The molecule has 0 spiro atoms. The van der Waals surface area contributed by atoms with Crippen LogP contribution in [0, 0.1) is 5.92 Å². The van der Waals surface area contributed by atoms with Gasteiger partial charge in [0.05, 0.1) is 5.02 Å². The van der Waals surface area contributed by atoms with Crippen molar-refractivity contribution in [3.8, 4) is 11.3 Å². The third-order valence-electron chi connectivity index (χ3n) is 2.76. The summed E-state index contributed by atoms with van der Waals surface area (Å²) in [6.07, 6.45) is 0.517. The summed E-state index contributed by atoms with van der Waals surface area (Å²) in [7, 11) is 0. The number of halogens is 2. The lowest BCUT2D eigenvalue weighted by Gasteiger charge is -2.04. The predicted molar refractivity (Wildman–Crippen MR) is 80.2 cm³/mol. The van der Waals surface area contributed by atoms with E-state index in [1.807, 2.05) is 13.8 Å². The first-order valence-electron chi connectivity index (χ1n) is 6.07. The summed E-state index contributed by atoms with van der Waals surface area (Å²) in [6.45, 7) is 3.97. The van der Waals surface area contributed by atoms with Gasteiger partial charge in [-0.15, -0.1) is 0 Å². The van der Waals surface area contributed by atoms with Gasteiger partial charge in [0.25, 0.3) is 0 Å². The van der Waals surface area contributed by atoms with Crippen LogP contribution in [0.3, 0.4) is 0 Å². The van der Waals surface area contributed by atoms with Crippen LogP contribution in [-0.4, -0.2) is 16.2 Å². The van der Waals surface area contributed by atoms with E-state index in [4.69, 9.17) is 16.1 Å². The van der Waals surface area contributed by atoms with E-state index in [9.17, 15) is 9.90 Å². The van der Waals surface area contributed by atoms with Crippen LogP contribution in [-0.2, 0) is 6.42 Å². The van der Waals surface area contributed by atoms with Crippen LogP contribution in [0.4, 0.5) is 0 Å². The second-order valence-electron chi connectivity index (χ2n) is 4.86. The molecule has 6 heteroatoms. The largest absolute Gasteiger partial charge is 0.477 e. The number of aromatic nitrogens is 1. The Labute approximate surface area is 129 Å². The molecule has 4 nitrogen and oxygen atoms in total. The number of aromatic carboxylic acids is 1. The van der Waals surface area contributed by atoms with E-state index in [-0.39, 0.29) is 17.2 Å². The van der Waals surface area contributed by atoms with Gasteiger partial charge in [0.15, 0.2) is 5.76 Å². The number of hydrogen-bond donors (Lipinski definition) is 1. The van der Waals surface area contributed by atoms with Gasteiger partial charge >= 0.3 is 5.97 Å². The first-order chi connectivity index (χ1) is 9.40. The molecule has 0 radical (unpaired) electrons. The van der Waals surface area contributed by atoms with E-state index in [0.29, 0.717) is 22.8 Å². The number of hydrogen-bond acceptors (Lipinski definition) is 3. The molecule has 0 amide bonds. The van der Waals surface area contributed by atoms with Gasteiger partial charge in [-0.3, -0.25) is 0 Å². The third-order valence-corrected chi connectivity index (χ3v) is 3.56. The van der Waals surface area contributed by atoms with Crippen molar-refractivity contribution in [2.75, 3.05) is 0 Å². The fraction of sp³-hybridized carbons (Fsp3) is 0.286. The van der Waals surface area contributed by atoms with Crippen molar-refractivity contribution in [1.29, 1.82) is 0 Å². The Bertz CT molecular complexity index is 652. The number of benzene rings is 1. The molecule has 1 aromatic carbocycles. The Morgan fingerprint density at radius 1 is 1.50 bits per heavy atom. The quantitative estimate of drug-likeness (QED) is 0.863. The lowest BCUT2D eigenvalue weighted by Crippen LogP contribution is -2.04. The van der Waals surface area contributed by atoms with Crippen LogP contribution < -0.4 is 0 Å². The van der Waals surface area contributed by atoms with Gasteiger partial charge in [0.1, 0.15) is 11.3 Å². The summed E-state index contributed by atoms with van der Waals surface area (Å²) in [4.78, 5) is 11.5. The molecule has 106 valence electrons. The highest BCUT2D eigenvalue weighted by Gasteiger charge is 2.25. The molecular weight excluding hydrogens is 346 g/mol.